The number of likely N-dealkylation sites (tertiary alicyclic amines) is 1. The Kier molecular flexibility index (Phi) is 6.26. The van der Waals surface area contributed by atoms with Gasteiger partial charge in [-0.05, 0) is 32.8 Å². The van der Waals surface area contributed by atoms with Crippen molar-refractivity contribution in [2.75, 3.05) is 62.0 Å². The molecule has 1 spiro atoms. The van der Waals surface area contributed by atoms with Crippen molar-refractivity contribution in [1.29, 1.82) is 5.41 Å². The second-order valence-electron chi connectivity index (χ2n) is 9.90. The van der Waals surface area contributed by atoms with Crippen molar-refractivity contribution in [3.05, 3.63) is 30.1 Å². The summed E-state index contributed by atoms with van der Waals surface area (Å²) in [6, 6.07) is 4.03. The van der Waals surface area contributed by atoms with E-state index in [2.05, 4.69) is 44.2 Å². The van der Waals surface area contributed by atoms with Crippen molar-refractivity contribution in [3.8, 4) is 0 Å². The number of nitrogens with one attached hydrogen (secondary N) is 3. The van der Waals surface area contributed by atoms with E-state index < -0.39 is 0 Å². The van der Waals surface area contributed by atoms with E-state index in [9.17, 15) is 0 Å². The standard InChI is InChI=1S/C24H34N8O2/c1-16(2)28-19-10-21(27-11-18(19)22(25)32-12-24(13-32)14-34-15-24)29-20-4-7-26-23(30-20)31-8-5-17(33-3)6-9-31/h4,7,10-11,16-17,25H,5-6,8-9,12-15H2,1-3H3,(H2,26,27,28,29,30). The summed E-state index contributed by atoms with van der Waals surface area (Å²) in [4.78, 5) is 18.1. The first-order chi connectivity index (χ1) is 16.4. The van der Waals surface area contributed by atoms with Gasteiger partial charge in [-0.15, -0.1) is 0 Å². The Morgan fingerprint density at radius 1 is 1.21 bits per heavy atom. The van der Waals surface area contributed by atoms with Crippen LogP contribution >= 0.6 is 0 Å². The van der Waals surface area contributed by atoms with Crippen molar-refractivity contribution in [1.82, 2.24) is 19.9 Å². The minimum Gasteiger partial charge on any atom is -0.382 e. The Morgan fingerprint density at radius 3 is 2.62 bits per heavy atom. The number of pyridine rings is 1. The molecule has 0 aliphatic carbocycles. The predicted molar refractivity (Wildman–Crippen MR) is 132 cm³/mol. The SMILES string of the molecule is COC1CCN(c2nccc(Nc3cc(NC(C)C)c(C(=N)N4CC5(COC5)C4)cn3)n2)CC1. The average Bonchev–Trinajstić information content (AvgIpc) is 2.77. The van der Waals surface area contributed by atoms with Gasteiger partial charge in [0.15, 0.2) is 0 Å². The van der Waals surface area contributed by atoms with E-state index >= 15 is 0 Å². The van der Waals surface area contributed by atoms with Gasteiger partial charge in [-0.3, -0.25) is 5.41 Å². The number of piperidine rings is 1. The first-order valence-electron chi connectivity index (χ1n) is 12.0. The number of hydrogen-bond donors (Lipinski definition) is 3. The summed E-state index contributed by atoms with van der Waals surface area (Å²) in [5.74, 6) is 2.59. The third kappa shape index (κ3) is 4.65. The van der Waals surface area contributed by atoms with Crippen LogP contribution < -0.4 is 15.5 Å². The maximum Gasteiger partial charge on any atom is 0.227 e. The first-order valence-corrected chi connectivity index (χ1v) is 12.0. The number of anilines is 4. The number of rotatable bonds is 7. The number of aromatic nitrogens is 3. The van der Waals surface area contributed by atoms with E-state index in [1.54, 1.807) is 19.5 Å². The Bertz CT molecular complexity index is 1030. The fourth-order valence-corrected chi connectivity index (χ4v) is 4.80. The monoisotopic (exact) mass is 466 g/mol. The van der Waals surface area contributed by atoms with E-state index in [0.717, 1.165) is 63.5 Å². The lowest BCUT2D eigenvalue weighted by Crippen LogP contribution is -2.67. The normalized spacial score (nSPS) is 19.6. The summed E-state index contributed by atoms with van der Waals surface area (Å²) in [6.45, 7) is 9.30. The van der Waals surface area contributed by atoms with Crippen LogP contribution in [-0.4, -0.2) is 84.3 Å². The van der Waals surface area contributed by atoms with Crippen LogP contribution in [0.5, 0.6) is 0 Å². The Hall–Kier alpha value is -2.98. The number of hydrogen-bond acceptors (Lipinski definition) is 9. The molecule has 0 amide bonds. The second kappa shape index (κ2) is 9.34. The lowest BCUT2D eigenvalue weighted by Gasteiger charge is -2.55. The number of methoxy groups -OCH3 is 1. The van der Waals surface area contributed by atoms with Gasteiger partial charge in [0.1, 0.15) is 17.5 Å². The van der Waals surface area contributed by atoms with Crippen LogP contribution in [0.15, 0.2) is 24.5 Å². The highest BCUT2D eigenvalue weighted by molar-refractivity contribution is 6.02. The predicted octanol–water partition coefficient (Wildman–Crippen LogP) is 2.71. The minimum atomic E-state index is 0.227. The Labute approximate surface area is 200 Å². The van der Waals surface area contributed by atoms with Crippen molar-refractivity contribution < 1.29 is 9.47 Å². The summed E-state index contributed by atoms with van der Waals surface area (Å²) in [5.41, 5.74) is 1.95. The summed E-state index contributed by atoms with van der Waals surface area (Å²) in [7, 11) is 1.77. The van der Waals surface area contributed by atoms with E-state index in [1.807, 2.05) is 12.1 Å². The molecular formula is C24H34N8O2. The molecule has 5 heterocycles. The highest BCUT2D eigenvalue weighted by Crippen LogP contribution is 2.39. The molecule has 34 heavy (non-hydrogen) atoms. The molecule has 0 unspecified atom stereocenters. The van der Waals surface area contributed by atoms with Gasteiger partial charge >= 0.3 is 0 Å². The van der Waals surface area contributed by atoms with Gasteiger partial charge in [0.2, 0.25) is 5.95 Å². The molecule has 10 heteroatoms. The lowest BCUT2D eigenvalue weighted by molar-refractivity contribution is -0.171. The first kappa shape index (κ1) is 22.8. The second-order valence-corrected chi connectivity index (χ2v) is 9.90. The van der Waals surface area contributed by atoms with E-state index in [4.69, 9.17) is 19.9 Å². The largest absolute Gasteiger partial charge is 0.382 e. The molecule has 3 saturated heterocycles. The zero-order chi connectivity index (χ0) is 23.7. The van der Waals surface area contributed by atoms with Crippen LogP contribution in [0.1, 0.15) is 32.3 Å². The lowest BCUT2D eigenvalue weighted by atomic mass is 9.77. The van der Waals surface area contributed by atoms with Crippen molar-refractivity contribution in [3.63, 3.8) is 0 Å². The summed E-state index contributed by atoms with van der Waals surface area (Å²) in [6.07, 6.45) is 5.81. The van der Waals surface area contributed by atoms with Gasteiger partial charge in [-0.2, -0.15) is 4.98 Å². The van der Waals surface area contributed by atoms with E-state index in [0.29, 0.717) is 29.5 Å². The molecule has 3 N–H and O–H groups in total. The van der Waals surface area contributed by atoms with Gasteiger partial charge in [-0.25, -0.2) is 9.97 Å². The van der Waals surface area contributed by atoms with E-state index in [1.165, 1.54) is 0 Å². The van der Waals surface area contributed by atoms with Crippen LogP contribution in [0, 0.1) is 10.8 Å². The maximum absolute atomic E-state index is 8.76. The zero-order valence-corrected chi connectivity index (χ0v) is 20.2. The van der Waals surface area contributed by atoms with Gasteiger partial charge in [0.25, 0.3) is 0 Å². The van der Waals surface area contributed by atoms with Crippen LogP contribution in [-0.2, 0) is 9.47 Å². The quantitative estimate of drug-likeness (QED) is 0.419. The third-order valence-electron chi connectivity index (χ3n) is 6.75. The average molecular weight is 467 g/mol. The van der Waals surface area contributed by atoms with Gasteiger partial charge in [0.05, 0.1) is 36.0 Å². The Morgan fingerprint density at radius 2 is 1.97 bits per heavy atom. The molecule has 0 atom stereocenters. The smallest absolute Gasteiger partial charge is 0.227 e. The van der Waals surface area contributed by atoms with Crippen LogP contribution in [0.2, 0.25) is 0 Å². The van der Waals surface area contributed by atoms with Crippen LogP contribution in [0.25, 0.3) is 0 Å². The molecule has 0 radical (unpaired) electrons. The highest BCUT2D eigenvalue weighted by Gasteiger charge is 2.50. The molecule has 10 nitrogen and oxygen atoms in total. The third-order valence-corrected chi connectivity index (χ3v) is 6.75. The summed E-state index contributed by atoms with van der Waals surface area (Å²) < 4.78 is 10.8. The topological polar surface area (TPSA) is 112 Å². The number of ether oxygens (including phenoxy) is 2. The molecule has 0 saturated carbocycles. The summed E-state index contributed by atoms with van der Waals surface area (Å²) in [5, 5.41) is 15.6. The highest BCUT2D eigenvalue weighted by atomic mass is 16.5. The van der Waals surface area contributed by atoms with Crippen molar-refractivity contribution >= 4 is 29.1 Å². The van der Waals surface area contributed by atoms with Crippen LogP contribution in [0.4, 0.5) is 23.3 Å². The fraction of sp³-hybridized carbons (Fsp3) is 0.583. The molecule has 0 aromatic carbocycles. The van der Waals surface area contributed by atoms with Crippen LogP contribution in [0.3, 0.4) is 0 Å². The Balaban J connectivity index is 1.30. The maximum atomic E-state index is 8.76. The molecule has 3 fully saturated rings. The van der Waals surface area contributed by atoms with Gasteiger partial charge in [-0.1, -0.05) is 0 Å². The number of amidine groups is 1. The van der Waals surface area contributed by atoms with E-state index in [-0.39, 0.29) is 11.5 Å². The molecule has 0 bridgehead atoms. The molecular weight excluding hydrogens is 432 g/mol. The summed E-state index contributed by atoms with van der Waals surface area (Å²) >= 11 is 0. The van der Waals surface area contributed by atoms with Crippen molar-refractivity contribution in [2.24, 2.45) is 5.41 Å². The molecule has 182 valence electrons. The van der Waals surface area contributed by atoms with Gasteiger partial charge < -0.3 is 29.9 Å². The minimum absolute atomic E-state index is 0.227. The molecule has 3 aliphatic rings. The molecule has 3 aliphatic heterocycles. The molecule has 2 aromatic rings. The molecule has 5 rings (SSSR count). The zero-order valence-electron chi connectivity index (χ0n) is 20.2. The van der Waals surface area contributed by atoms with Gasteiger partial charge in [0, 0.05) is 57.8 Å². The molecule has 2 aromatic heterocycles. The van der Waals surface area contributed by atoms with Crippen molar-refractivity contribution in [2.45, 2.75) is 38.8 Å². The fourth-order valence-electron chi connectivity index (χ4n) is 4.80. The number of nitrogens with zero attached hydrogens (tertiary/aromatic N) is 5.